The zero-order chi connectivity index (χ0) is 12.0. The molecule has 0 saturated heterocycles. The SMILES string of the molecule is CS(=O)CCN(Cc1cccnc1)C(=O)S. The molecule has 1 atom stereocenters. The van der Waals surface area contributed by atoms with E-state index in [9.17, 15) is 9.00 Å². The number of rotatable bonds is 5. The Morgan fingerprint density at radius 3 is 2.88 bits per heavy atom. The molecule has 1 aromatic heterocycles. The summed E-state index contributed by atoms with van der Waals surface area (Å²) >= 11 is 3.79. The quantitative estimate of drug-likeness (QED) is 0.810. The number of carbonyl (C=O) groups is 1. The van der Waals surface area contributed by atoms with Crippen molar-refractivity contribution in [1.82, 2.24) is 9.88 Å². The largest absolute Gasteiger partial charge is 0.329 e. The molecule has 0 N–H and O–H groups in total. The third-order valence-corrected chi connectivity index (χ3v) is 3.06. The molecule has 0 spiro atoms. The van der Waals surface area contributed by atoms with Gasteiger partial charge in [0.05, 0.1) is 0 Å². The molecule has 4 nitrogen and oxygen atoms in total. The number of hydrogen-bond donors (Lipinski definition) is 1. The summed E-state index contributed by atoms with van der Waals surface area (Å²) in [6.07, 6.45) is 5.00. The standard InChI is InChI=1S/C10H14N2O2S2/c1-16(14)6-5-12(10(13)15)8-9-3-2-4-11-7-9/h2-4,7H,5-6,8H2,1H3,(H,13,15). The summed E-state index contributed by atoms with van der Waals surface area (Å²) in [6.45, 7) is 0.897. The summed E-state index contributed by atoms with van der Waals surface area (Å²) in [4.78, 5) is 16.7. The van der Waals surface area contributed by atoms with Gasteiger partial charge in [0, 0.05) is 48.3 Å². The molecule has 16 heavy (non-hydrogen) atoms. The normalized spacial score (nSPS) is 12.1. The van der Waals surface area contributed by atoms with Crippen molar-refractivity contribution in [2.75, 3.05) is 18.6 Å². The Bertz CT molecular complexity index is 370. The van der Waals surface area contributed by atoms with Crippen molar-refractivity contribution in [3.05, 3.63) is 30.1 Å². The molecule has 88 valence electrons. The molecule has 0 saturated carbocycles. The van der Waals surface area contributed by atoms with Gasteiger partial charge in [0.1, 0.15) is 0 Å². The third kappa shape index (κ3) is 4.76. The van der Waals surface area contributed by atoms with Gasteiger partial charge in [0.15, 0.2) is 0 Å². The number of pyridine rings is 1. The second-order valence-electron chi connectivity index (χ2n) is 3.34. The minimum atomic E-state index is -0.904. The molecule has 1 aromatic rings. The van der Waals surface area contributed by atoms with E-state index >= 15 is 0 Å². The van der Waals surface area contributed by atoms with Crippen LogP contribution in [-0.4, -0.2) is 37.9 Å². The van der Waals surface area contributed by atoms with Gasteiger partial charge in [-0.3, -0.25) is 14.0 Å². The van der Waals surface area contributed by atoms with Gasteiger partial charge in [-0.25, -0.2) is 0 Å². The van der Waals surface area contributed by atoms with E-state index in [1.54, 1.807) is 23.5 Å². The number of nitrogens with zero attached hydrogens (tertiary/aromatic N) is 2. The fraction of sp³-hybridized carbons (Fsp3) is 0.400. The van der Waals surface area contributed by atoms with Crippen LogP contribution in [0.3, 0.4) is 0 Å². The maximum absolute atomic E-state index is 11.2. The zero-order valence-corrected chi connectivity index (χ0v) is 10.7. The van der Waals surface area contributed by atoms with E-state index in [0.717, 1.165) is 5.56 Å². The lowest BCUT2D eigenvalue weighted by Gasteiger charge is -2.19. The molecule has 1 rings (SSSR count). The van der Waals surface area contributed by atoms with Crippen LogP contribution in [0, 0.1) is 0 Å². The molecule has 6 heteroatoms. The Labute approximate surface area is 103 Å². The molecule has 0 bridgehead atoms. The maximum atomic E-state index is 11.2. The average molecular weight is 258 g/mol. The molecule has 0 aliphatic rings. The van der Waals surface area contributed by atoms with Crippen LogP contribution in [0.15, 0.2) is 24.5 Å². The summed E-state index contributed by atoms with van der Waals surface area (Å²) < 4.78 is 11.0. The van der Waals surface area contributed by atoms with Crippen LogP contribution < -0.4 is 0 Å². The van der Waals surface area contributed by atoms with Crippen molar-refractivity contribution in [3.63, 3.8) is 0 Å². The van der Waals surface area contributed by atoms with E-state index in [4.69, 9.17) is 0 Å². The number of thiol groups is 1. The molecular formula is C10H14N2O2S2. The monoisotopic (exact) mass is 258 g/mol. The minimum Gasteiger partial charge on any atom is -0.329 e. The third-order valence-electron chi connectivity index (χ3n) is 2.02. The van der Waals surface area contributed by atoms with Crippen LogP contribution in [0.5, 0.6) is 0 Å². The van der Waals surface area contributed by atoms with E-state index in [1.165, 1.54) is 0 Å². The molecule has 0 aliphatic carbocycles. The zero-order valence-electron chi connectivity index (χ0n) is 9.00. The molecule has 0 fully saturated rings. The first-order chi connectivity index (χ1) is 7.59. The van der Waals surface area contributed by atoms with Crippen molar-refractivity contribution >= 4 is 28.7 Å². The fourth-order valence-electron chi connectivity index (χ4n) is 1.19. The first kappa shape index (κ1) is 13.2. The van der Waals surface area contributed by atoms with Crippen LogP contribution in [0.25, 0.3) is 0 Å². The molecule has 1 heterocycles. The van der Waals surface area contributed by atoms with Crippen molar-refractivity contribution < 1.29 is 9.00 Å². The van der Waals surface area contributed by atoms with Crippen LogP contribution in [0.4, 0.5) is 4.79 Å². The highest BCUT2D eigenvalue weighted by atomic mass is 32.2. The number of amides is 1. The molecule has 0 aliphatic heterocycles. The predicted molar refractivity (Wildman–Crippen MR) is 68.0 cm³/mol. The van der Waals surface area contributed by atoms with E-state index in [0.29, 0.717) is 18.8 Å². The van der Waals surface area contributed by atoms with Crippen LogP contribution in [0.2, 0.25) is 0 Å². The fourth-order valence-corrected chi connectivity index (χ4v) is 1.84. The Balaban J connectivity index is 2.58. The van der Waals surface area contributed by atoms with Crippen LogP contribution >= 0.6 is 12.6 Å². The smallest absolute Gasteiger partial charge is 0.278 e. The number of aromatic nitrogens is 1. The lowest BCUT2D eigenvalue weighted by atomic mass is 10.3. The summed E-state index contributed by atoms with van der Waals surface area (Å²) in [5, 5.41) is -0.311. The van der Waals surface area contributed by atoms with E-state index in [1.807, 2.05) is 12.1 Å². The van der Waals surface area contributed by atoms with Crippen molar-refractivity contribution in [2.24, 2.45) is 0 Å². The summed E-state index contributed by atoms with van der Waals surface area (Å²) in [5.41, 5.74) is 0.937. The Hall–Kier alpha value is -0.880. The first-order valence-corrected chi connectivity index (χ1v) is 6.94. The predicted octanol–water partition coefficient (Wildman–Crippen LogP) is 1.31. The van der Waals surface area contributed by atoms with Crippen LogP contribution in [-0.2, 0) is 17.3 Å². The van der Waals surface area contributed by atoms with Crippen molar-refractivity contribution in [3.8, 4) is 0 Å². The van der Waals surface area contributed by atoms with Gasteiger partial charge < -0.3 is 4.90 Å². The lowest BCUT2D eigenvalue weighted by molar-refractivity contribution is 0.224. The Morgan fingerprint density at radius 1 is 1.62 bits per heavy atom. The maximum Gasteiger partial charge on any atom is 0.278 e. The first-order valence-electron chi connectivity index (χ1n) is 4.76. The molecule has 1 amide bonds. The Kier molecular flexibility index (Phi) is 5.48. The van der Waals surface area contributed by atoms with Gasteiger partial charge in [-0.15, -0.1) is 0 Å². The van der Waals surface area contributed by atoms with Crippen molar-refractivity contribution in [2.45, 2.75) is 6.54 Å². The average Bonchev–Trinajstić information content (AvgIpc) is 2.25. The van der Waals surface area contributed by atoms with Gasteiger partial charge in [-0.05, 0) is 11.6 Å². The summed E-state index contributed by atoms with van der Waals surface area (Å²) in [7, 11) is -0.904. The summed E-state index contributed by atoms with van der Waals surface area (Å²) in [5.74, 6) is 0.465. The van der Waals surface area contributed by atoms with Crippen molar-refractivity contribution in [1.29, 1.82) is 0 Å². The molecular weight excluding hydrogens is 244 g/mol. The number of hydrogen-bond acceptors (Lipinski definition) is 3. The van der Waals surface area contributed by atoms with Gasteiger partial charge >= 0.3 is 0 Å². The highest BCUT2D eigenvalue weighted by Gasteiger charge is 2.10. The second-order valence-corrected chi connectivity index (χ2v) is 5.28. The highest BCUT2D eigenvalue weighted by Crippen LogP contribution is 2.05. The van der Waals surface area contributed by atoms with Gasteiger partial charge in [-0.2, -0.15) is 0 Å². The molecule has 1 unspecified atom stereocenters. The van der Waals surface area contributed by atoms with E-state index in [-0.39, 0.29) is 5.24 Å². The molecule has 0 aromatic carbocycles. The topological polar surface area (TPSA) is 50.3 Å². The van der Waals surface area contributed by atoms with E-state index in [2.05, 4.69) is 17.6 Å². The highest BCUT2D eigenvalue weighted by molar-refractivity contribution is 7.96. The lowest BCUT2D eigenvalue weighted by Crippen LogP contribution is -2.29. The summed E-state index contributed by atoms with van der Waals surface area (Å²) in [6, 6.07) is 3.70. The van der Waals surface area contributed by atoms with E-state index < -0.39 is 10.8 Å². The minimum absolute atomic E-state index is 0.311. The number of carbonyl (C=O) groups excluding carboxylic acids is 1. The van der Waals surface area contributed by atoms with Gasteiger partial charge in [0.25, 0.3) is 5.24 Å². The molecule has 0 radical (unpaired) electrons. The van der Waals surface area contributed by atoms with Crippen LogP contribution in [0.1, 0.15) is 5.56 Å². The van der Waals surface area contributed by atoms with Gasteiger partial charge in [-0.1, -0.05) is 18.7 Å². The Morgan fingerprint density at radius 2 is 2.38 bits per heavy atom. The van der Waals surface area contributed by atoms with Gasteiger partial charge in [0.2, 0.25) is 0 Å². The second kappa shape index (κ2) is 6.65.